The molecular weight excluding hydrogens is 274 g/mol. The molecule has 2 aromatic rings. The van der Waals surface area contributed by atoms with Gasteiger partial charge < -0.3 is 9.84 Å². The van der Waals surface area contributed by atoms with Gasteiger partial charge in [-0.05, 0) is 19.1 Å². The van der Waals surface area contributed by atoms with Crippen LogP contribution in [0.1, 0.15) is 18.9 Å². The van der Waals surface area contributed by atoms with Gasteiger partial charge in [-0.3, -0.25) is 9.80 Å². The Morgan fingerprint density at radius 3 is 2.86 bits per heavy atom. The number of aromatic nitrogens is 2. The number of hydrogen-bond acceptors (Lipinski definition) is 6. The first-order valence-corrected chi connectivity index (χ1v) is 6.59. The fourth-order valence-electron chi connectivity index (χ4n) is 2.34. The molecule has 2 atom stereocenters. The van der Waals surface area contributed by atoms with Gasteiger partial charge in [0.15, 0.2) is 11.9 Å². The number of carbonyl (C=O) groups excluding carboxylic acids is 1. The third-order valence-electron chi connectivity index (χ3n) is 3.47. The molecule has 7 nitrogen and oxygen atoms in total. The number of rotatable bonds is 3. The van der Waals surface area contributed by atoms with Crippen LogP contribution < -0.4 is 10.6 Å². The van der Waals surface area contributed by atoms with E-state index in [1.807, 2.05) is 0 Å². The number of para-hydroxylation sites is 1. The third-order valence-corrected chi connectivity index (χ3v) is 3.47. The lowest BCUT2D eigenvalue weighted by Crippen LogP contribution is -2.36. The molecule has 0 saturated carbocycles. The van der Waals surface area contributed by atoms with Gasteiger partial charge in [-0.1, -0.05) is 12.1 Å². The fourth-order valence-corrected chi connectivity index (χ4v) is 2.34. The third kappa shape index (κ3) is 2.15. The van der Waals surface area contributed by atoms with Crippen LogP contribution in [0.3, 0.4) is 0 Å². The van der Waals surface area contributed by atoms with Crippen LogP contribution in [0, 0.1) is 0 Å². The summed E-state index contributed by atoms with van der Waals surface area (Å²) >= 11 is 0. The zero-order chi connectivity index (χ0) is 15.1. The van der Waals surface area contributed by atoms with Crippen LogP contribution >= 0.6 is 0 Å². The first-order valence-electron chi connectivity index (χ1n) is 6.59. The highest BCUT2D eigenvalue weighted by Crippen LogP contribution is 2.21. The second kappa shape index (κ2) is 4.85. The second-order valence-electron chi connectivity index (χ2n) is 4.94. The maximum absolute atomic E-state index is 12.6. The number of aliphatic hydroxyl groups excluding tert-OH is 1. The monoisotopic (exact) mass is 289 g/mol. The van der Waals surface area contributed by atoms with Crippen molar-refractivity contribution >= 4 is 16.9 Å². The molecule has 0 amide bonds. The van der Waals surface area contributed by atoms with Crippen LogP contribution in [-0.2, 0) is 9.53 Å². The van der Waals surface area contributed by atoms with Crippen molar-refractivity contribution in [2.24, 2.45) is 0 Å². The predicted octanol–water partition coefficient (Wildman–Crippen LogP) is -0.0570. The molecule has 0 bridgehead atoms. The van der Waals surface area contributed by atoms with E-state index in [2.05, 4.69) is 9.72 Å². The minimum absolute atomic E-state index is 0.213. The first-order chi connectivity index (χ1) is 10.0. The van der Waals surface area contributed by atoms with Gasteiger partial charge in [0, 0.05) is 0 Å². The molecule has 3 rings (SSSR count). The summed E-state index contributed by atoms with van der Waals surface area (Å²) in [6.07, 6.45) is -0.929. The van der Waals surface area contributed by atoms with Crippen molar-refractivity contribution in [3.8, 4) is 0 Å². The van der Waals surface area contributed by atoms with Gasteiger partial charge >= 0.3 is 5.97 Å². The summed E-state index contributed by atoms with van der Waals surface area (Å²) in [5, 5.41) is 11.9. The Bertz CT molecular complexity index is 768. The Balaban J connectivity index is 2.17. The van der Waals surface area contributed by atoms with E-state index >= 15 is 0 Å². The molecule has 2 heterocycles. The molecule has 7 heteroatoms. The van der Waals surface area contributed by atoms with Crippen molar-refractivity contribution in [1.82, 2.24) is 9.66 Å². The minimum atomic E-state index is -0.929. The standard InChI is InChI=1S/C14H15N3O4/c1-8(18)12-15-10-6-4-3-5-9(10)13(19)17(12)16-7-11(16)14(20)21-2/h3-6,8,11,18H,7H2,1-2H3/t8-,11+,16?/m0/s1. The topological polar surface area (TPSA) is 84.4 Å². The largest absolute Gasteiger partial charge is 0.467 e. The molecule has 1 aromatic carbocycles. The summed E-state index contributed by atoms with van der Waals surface area (Å²) in [4.78, 5) is 28.5. The lowest BCUT2D eigenvalue weighted by Gasteiger charge is -2.16. The van der Waals surface area contributed by atoms with Crippen LogP contribution in [0.2, 0.25) is 0 Å². The quantitative estimate of drug-likeness (QED) is 0.629. The summed E-state index contributed by atoms with van der Waals surface area (Å²) in [7, 11) is 1.30. The molecular formula is C14H15N3O4. The van der Waals surface area contributed by atoms with Crippen molar-refractivity contribution < 1.29 is 14.6 Å². The molecule has 0 radical (unpaired) electrons. The number of aliphatic hydroxyl groups is 1. The SMILES string of the molecule is COC(=O)[C@H]1CN1n1c([C@H](C)O)nc2ccccc2c1=O. The van der Waals surface area contributed by atoms with E-state index in [1.165, 1.54) is 23.7 Å². The van der Waals surface area contributed by atoms with Gasteiger partial charge in [0.25, 0.3) is 5.56 Å². The first kappa shape index (κ1) is 13.6. The number of nitrogens with zero attached hydrogens (tertiary/aromatic N) is 3. The highest BCUT2D eigenvalue weighted by Gasteiger charge is 2.44. The van der Waals surface area contributed by atoms with E-state index in [9.17, 15) is 14.7 Å². The highest BCUT2D eigenvalue weighted by molar-refractivity contribution is 5.83. The number of methoxy groups -OCH3 is 1. The average molecular weight is 289 g/mol. The lowest BCUT2D eigenvalue weighted by molar-refractivity contribution is -0.139. The Morgan fingerprint density at radius 1 is 1.48 bits per heavy atom. The van der Waals surface area contributed by atoms with Crippen molar-refractivity contribution in [3.63, 3.8) is 0 Å². The molecule has 1 fully saturated rings. The molecule has 1 aliphatic rings. The van der Waals surface area contributed by atoms with Crippen LogP contribution in [0.15, 0.2) is 29.1 Å². The second-order valence-corrected chi connectivity index (χ2v) is 4.94. The Kier molecular flexibility index (Phi) is 3.13. The Morgan fingerprint density at radius 2 is 2.19 bits per heavy atom. The van der Waals surface area contributed by atoms with Crippen LogP contribution in [-0.4, -0.2) is 40.4 Å². The van der Waals surface area contributed by atoms with Crippen LogP contribution in [0.5, 0.6) is 0 Å². The summed E-state index contributed by atoms with van der Waals surface area (Å²) in [5.41, 5.74) is 0.217. The highest BCUT2D eigenvalue weighted by atomic mass is 16.5. The smallest absolute Gasteiger partial charge is 0.332 e. The summed E-state index contributed by atoms with van der Waals surface area (Å²) in [5.74, 6) is -0.197. The van der Waals surface area contributed by atoms with E-state index in [-0.39, 0.29) is 11.4 Å². The number of benzene rings is 1. The van der Waals surface area contributed by atoms with Gasteiger partial charge in [0.05, 0.1) is 24.6 Å². The number of carbonyl (C=O) groups is 1. The van der Waals surface area contributed by atoms with E-state index in [0.29, 0.717) is 17.4 Å². The molecule has 110 valence electrons. The molecule has 1 aliphatic heterocycles. The minimum Gasteiger partial charge on any atom is -0.467 e. The normalized spacial score (nSPS) is 18.6. The average Bonchev–Trinajstić information content (AvgIpc) is 3.26. The molecule has 1 aromatic heterocycles. The molecule has 21 heavy (non-hydrogen) atoms. The molecule has 1 saturated heterocycles. The molecule has 0 aliphatic carbocycles. The van der Waals surface area contributed by atoms with Gasteiger partial charge in [-0.15, -0.1) is 0 Å². The number of esters is 1. The van der Waals surface area contributed by atoms with Crippen molar-refractivity contribution in [2.75, 3.05) is 18.7 Å². The summed E-state index contributed by atoms with van der Waals surface area (Å²) < 4.78 is 5.95. The van der Waals surface area contributed by atoms with Crippen molar-refractivity contribution in [3.05, 3.63) is 40.4 Å². The number of hydrogen-bond donors (Lipinski definition) is 1. The molecule has 0 unspecified atom stereocenters. The van der Waals surface area contributed by atoms with Crippen molar-refractivity contribution in [2.45, 2.75) is 19.1 Å². The Hall–Kier alpha value is -2.41. The summed E-state index contributed by atoms with van der Waals surface area (Å²) in [6, 6.07) is 6.40. The van der Waals surface area contributed by atoms with E-state index in [4.69, 9.17) is 0 Å². The van der Waals surface area contributed by atoms with E-state index in [1.54, 1.807) is 24.3 Å². The zero-order valence-electron chi connectivity index (χ0n) is 11.7. The number of ether oxygens (including phenoxy) is 1. The maximum atomic E-state index is 12.6. The van der Waals surface area contributed by atoms with E-state index in [0.717, 1.165) is 0 Å². The summed E-state index contributed by atoms with van der Waals surface area (Å²) in [6.45, 7) is 1.90. The Labute approximate surface area is 120 Å². The molecule has 0 spiro atoms. The van der Waals surface area contributed by atoms with E-state index < -0.39 is 18.1 Å². The van der Waals surface area contributed by atoms with Crippen LogP contribution in [0.4, 0.5) is 0 Å². The lowest BCUT2D eigenvalue weighted by atomic mass is 10.2. The van der Waals surface area contributed by atoms with Gasteiger partial charge in [0.1, 0.15) is 6.10 Å². The molecule has 1 N–H and O–H groups in total. The van der Waals surface area contributed by atoms with Gasteiger partial charge in [-0.25, -0.2) is 14.5 Å². The van der Waals surface area contributed by atoms with Crippen molar-refractivity contribution in [1.29, 1.82) is 0 Å². The predicted molar refractivity (Wildman–Crippen MR) is 75.5 cm³/mol. The van der Waals surface area contributed by atoms with Gasteiger partial charge in [-0.2, -0.15) is 0 Å². The fraction of sp³-hybridized carbons (Fsp3) is 0.357. The maximum Gasteiger partial charge on any atom is 0.332 e. The zero-order valence-corrected chi connectivity index (χ0v) is 11.7. The number of fused-ring (bicyclic) bond motifs is 1. The van der Waals surface area contributed by atoms with Crippen LogP contribution in [0.25, 0.3) is 10.9 Å². The van der Waals surface area contributed by atoms with Gasteiger partial charge in [0.2, 0.25) is 0 Å².